The van der Waals surface area contributed by atoms with Crippen LogP contribution >= 0.6 is 11.8 Å². The van der Waals surface area contributed by atoms with E-state index in [2.05, 4.69) is 0 Å². The first-order chi connectivity index (χ1) is 9.97. The molecular formula is C16H16O4S. The molecule has 5 heteroatoms. The van der Waals surface area contributed by atoms with Gasteiger partial charge < -0.3 is 10.2 Å². The highest BCUT2D eigenvalue weighted by atomic mass is 32.2. The fourth-order valence-corrected chi connectivity index (χ4v) is 3.61. The maximum Gasteiger partial charge on any atom is 0.331 e. The summed E-state index contributed by atoms with van der Waals surface area (Å²) < 4.78 is -1.25. The second-order valence-electron chi connectivity index (χ2n) is 4.88. The van der Waals surface area contributed by atoms with Crippen molar-refractivity contribution in [2.45, 2.75) is 17.4 Å². The van der Waals surface area contributed by atoms with E-state index in [-0.39, 0.29) is 5.57 Å². The number of hydrogen-bond acceptors (Lipinski definition) is 3. The standard InChI is InChI=1S/C16H16O4S/c1-11-13(14(17)18)8-5-9-16(11,15(19)20)21-10-12-6-3-2-4-7-12/h2-9,11H,10H2,1H3,(H,17,18)(H,19,20)/t11?,16-/m1/s1. The Kier molecular flexibility index (Phi) is 4.53. The van der Waals surface area contributed by atoms with Gasteiger partial charge in [0.25, 0.3) is 0 Å². The molecule has 1 aromatic rings. The molecule has 110 valence electrons. The first-order valence-corrected chi connectivity index (χ1v) is 7.50. The van der Waals surface area contributed by atoms with Crippen LogP contribution < -0.4 is 0 Å². The maximum atomic E-state index is 11.8. The number of hydrogen-bond donors (Lipinski definition) is 2. The number of carbonyl (C=O) groups is 2. The number of rotatable bonds is 5. The van der Waals surface area contributed by atoms with Gasteiger partial charge in [-0.05, 0) is 5.56 Å². The van der Waals surface area contributed by atoms with Crippen LogP contribution in [0.1, 0.15) is 12.5 Å². The Hall–Kier alpha value is -2.01. The molecule has 0 heterocycles. The summed E-state index contributed by atoms with van der Waals surface area (Å²) in [5, 5.41) is 18.8. The average Bonchev–Trinajstić information content (AvgIpc) is 2.47. The van der Waals surface area contributed by atoms with Crippen molar-refractivity contribution in [2.24, 2.45) is 5.92 Å². The van der Waals surface area contributed by atoms with E-state index < -0.39 is 22.6 Å². The predicted octanol–water partition coefficient (Wildman–Crippen LogP) is 2.96. The van der Waals surface area contributed by atoms with Gasteiger partial charge >= 0.3 is 11.9 Å². The van der Waals surface area contributed by atoms with E-state index >= 15 is 0 Å². The van der Waals surface area contributed by atoms with Gasteiger partial charge in [-0.3, -0.25) is 4.79 Å². The van der Waals surface area contributed by atoms with E-state index in [1.165, 1.54) is 23.9 Å². The number of benzene rings is 1. The highest BCUT2D eigenvalue weighted by Gasteiger charge is 2.46. The van der Waals surface area contributed by atoms with Crippen molar-refractivity contribution < 1.29 is 19.8 Å². The van der Waals surface area contributed by atoms with Crippen molar-refractivity contribution in [1.82, 2.24) is 0 Å². The molecule has 2 N–H and O–H groups in total. The molecule has 0 radical (unpaired) electrons. The third kappa shape index (κ3) is 3.03. The highest BCUT2D eigenvalue weighted by Crippen LogP contribution is 2.42. The van der Waals surface area contributed by atoms with E-state index in [1.807, 2.05) is 30.3 Å². The van der Waals surface area contributed by atoms with Crippen molar-refractivity contribution in [3.63, 3.8) is 0 Å². The highest BCUT2D eigenvalue weighted by molar-refractivity contribution is 8.00. The lowest BCUT2D eigenvalue weighted by atomic mass is 9.82. The fourth-order valence-electron chi connectivity index (χ4n) is 2.34. The van der Waals surface area contributed by atoms with Crippen molar-refractivity contribution >= 4 is 23.7 Å². The molecule has 0 saturated carbocycles. The first-order valence-electron chi connectivity index (χ1n) is 6.51. The molecule has 0 amide bonds. The van der Waals surface area contributed by atoms with Crippen LogP contribution in [0.5, 0.6) is 0 Å². The van der Waals surface area contributed by atoms with Crippen molar-refractivity contribution in [1.29, 1.82) is 0 Å². The molecule has 4 nitrogen and oxygen atoms in total. The molecule has 0 aromatic heterocycles. The van der Waals surface area contributed by atoms with Gasteiger partial charge in [0.2, 0.25) is 0 Å². The summed E-state index contributed by atoms with van der Waals surface area (Å²) >= 11 is 1.24. The molecule has 1 unspecified atom stereocenters. The van der Waals surface area contributed by atoms with Crippen molar-refractivity contribution in [3.05, 3.63) is 59.7 Å². The van der Waals surface area contributed by atoms with Crippen LogP contribution in [0, 0.1) is 5.92 Å². The maximum absolute atomic E-state index is 11.8. The Balaban J connectivity index is 2.26. The lowest BCUT2D eigenvalue weighted by Gasteiger charge is -2.34. The van der Waals surface area contributed by atoms with Gasteiger partial charge in [0.15, 0.2) is 0 Å². The summed E-state index contributed by atoms with van der Waals surface area (Å²) in [5.74, 6) is -2.18. The monoisotopic (exact) mass is 304 g/mol. The van der Waals surface area contributed by atoms with Gasteiger partial charge in [0, 0.05) is 17.2 Å². The van der Waals surface area contributed by atoms with Crippen LogP contribution in [0.4, 0.5) is 0 Å². The zero-order chi connectivity index (χ0) is 15.5. The van der Waals surface area contributed by atoms with Crippen LogP contribution in [0.3, 0.4) is 0 Å². The third-order valence-electron chi connectivity index (χ3n) is 3.63. The van der Waals surface area contributed by atoms with Crippen LogP contribution in [0.15, 0.2) is 54.1 Å². The predicted molar refractivity (Wildman–Crippen MR) is 82.1 cm³/mol. The zero-order valence-corrected chi connectivity index (χ0v) is 12.3. The fraction of sp³-hybridized carbons (Fsp3) is 0.250. The largest absolute Gasteiger partial charge is 0.480 e. The van der Waals surface area contributed by atoms with Gasteiger partial charge in [-0.1, -0.05) is 55.5 Å². The number of thioether (sulfide) groups is 1. The molecular weight excluding hydrogens is 288 g/mol. The van der Waals surface area contributed by atoms with Gasteiger partial charge in [-0.2, -0.15) is 0 Å². The Morgan fingerprint density at radius 3 is 2.48 bits per heavy atom. The Bertz CT molecular complexity index is 606. The van der Waals surface area contributed by atoms with Gasteiger partial charge in [0.1, 0.15) is 4.75 Å². The van der Waals surface area contributed by atoms with Crippen molar-refractivity contribution in [3.8, 4) is 0 Å². The zero-order valence-electron chi connectivity index (χ0n) is 11.5. The minimum atomic E-state index is -1.25. The van der Waals surface area contributed by atoms with Gasteiger partial charge in [0.05, 0.1) is 0 Å². The molecule has 1 aliphatic rings. The number of aliphatic carboxylic acids is 2. The first kappa shape index (κ1) is 15.4. The molecule has 1 aliphatic carbocycles. The lowest BCUT2D eigenvalue weighted by molar-refractivity contribution is -0.139. The molecule has 21 heavy (non-hydrogen) atoms. The Morgan fingerprint density at radius 1 is 1.24 bits per heavy atom. The minimum Gasteiger partial charge on any atom is -0.480 e. The molecule has 0 saturated heterocycles. The summed E-state index contributed by atoms with van der Waals surface area (Å²) in [7, 11) is 0. The molecule has 2 atom stereocenters. The summed E-state index contributed by atoms with van der Waals surface area (Å²) in [4.78, 5) is 23.0. The van der Waals surface area contributed by atoms with Crippen LogP contribution in [-0.2, 0) is 15.3 Å². The SMILES string of the molecule is CC1C(C(=O)O)=CC=C[C@]1(SCc1ccccc1)C(=O)O. The Labute approximate surface area is 127 Å². The molecule has 0 bridgehead atoms. The minimum absolute atomic E-state index is 0.125. The normalized spacial score (nSPS) is 24.4. The quantitative estimate of drug-likeness (QED) is 0.875. The molecule has 0 spiro atoms. The summed E-state index contributed by atoms with van der Waals surface area (Å²) in [5.41, 5.74) is 1.13. The second kappa shape index (κ2) is 6.18. The summed E-state index contributed by atoms with van der Waals surface area (Å²) in [6.07, 6.45) is 4.58. The van der Waals surface area contributed by atoms with Crippen LogP contribution in [-0.4, -0.2) is 26.9 Å². The summed E-state index contributed by atoms with van der Waals surface area (Å²) in [6, 6.07) is 9.54. The van der Waals surface area contributed by atoms with Crippen LogP contribution in [0.2, 0.25) is 0 Å². The van der Waals surface area contributed by atoms with Gasteiger partial charge in [-0.15, -0.1) is 11.8 Å². The smallest absolute Gasteiger partial charge is 0.331 e. The number of allylic oxidation sites excluding steroid dienone is 2. The van der Waals surface area contributed by atoms with E-state index in [0.29, 0.717) is 5.75 Å². The van der Waals surface area contributed by atoms with Crippen molar-refractivity contribution in [2.75, 3.05) is 0 Å². The van der Waals surface area contributed by atoms with E-state index in [4.69, 9.17) is 0 Å². The topological polar surface area (TPSA) is 74.6 Å². The lowest BCUT2D eigenvalue weighted by Crippen LogP contribution is -2.43. The van der Waals surface area contributed by atoms with E-state index in [9.17, 15) is 19.8 Å². The molecule has 2 rings (SSSR count). The number of carboxylic acids is 2. The molecule has 1 aromatic carbocycles. The van der Waals surface area contributed by atoms with E-state index in [0.717, 1.165) is 5.56 Å². The van der Waals surface area contributed by atoms with Crippen LogP contribution in [0.25, 0.3) is 0 Å². The Morgan fingerprint density at radius 2 is 1.90 bits per heavy atom. The second-order valence-corrected chi connectivity index (χ2v) is 6.13. The van der Waals surface area contributed by atoms with E-state index in [1.54, 1.807) is 13.0 Å². The van der Waals surface area contributed by atoms with Gasteiger partial charge in [-0.25, -0.2) is 4.79 Å². The molecule has 0 fully saturated rings. The summed E-state index contributed by atoms with van der Waals surface area (Å²) in [6.45, 7) is 1.65. The molecule has 0 aliphatic heterocycles. The average molecular weight is 304 g/mol. The third-order valence-corrected chi connectivity index (χ3v) is 5.25. The number of carboxylic acid groups (broad SMARTS) is 2.